The third-order valence-electron chi connectivity index (χ3n) is 3.55. The Morgan fingerprint density at radius 1 is 1.37 bits per heavy atom. The second-order valence-corrected chi connectivity index (χ2v) is 5.13. The first-order valence-corrected chi connectivity index (χ1v) is 6.62. The molecule has 4 nitrogen and oxygen atoms in total. The molecule has 1 atom stereocenters. The van der Waals surface area contributed by atoms with Crippen LogP contribution in [0.3, 0.4) is 0 Å². The molecule has 1 unspecified atom stereocenters. The largest absolute Gasteiger partial charge is 0.272 e. The third kappa shape index (κ3) is 2.81. The number of aryl methyl sites for hydroxylation is 2. The Bertz CT molecular complexity index is 577. The van der Waals surface area contributed by atoms with Crippen LogP contribution in [0.1, 0.15) is 28.6 Å². The Kier molecular flexibility index (Phi) is 4.24. The number of aromatic nitrogens is 2. The van der Waals surface area contributed by atoms with E-state index in [2.05, 4.69) is 17.4 Å². The van der Waals surface area contributed by atoms with Crippen molar-refractivity contribution in [1.29, 1.82) is 0 Å². The number of hydrogen-bond donors (Lipinski definition) is 2. The Labute approximate surface area is 118 Å². The maximum atomic E-state index is 6.23. The van der Waals surface area contributed by atoms with E-state index >= 15 is 0 Å². The van der Waals surface area contributed by atoms with Crippen molar-refractivity contribution < 1.29 is 0 Å². The number of hydrogen-bond acceptors (Lipinski definition) is 3. The molecule has 0 spiro atoms. The summed E-state index contributed by atoms with van der Waals surface area (Å²) in [5.74, 6) is 5.69. The van der Waals surface area contributed by atoms with Crippen molar-refractivity contribution in [3.63, 3.8) is 0 Å². The lowest BCUT2D eigenvalue weighted by Gasteiger charge is -2.18. The van der Waals surface area contributed by atoms with E-state index in [4.69, 9.17) is 17.4 Å². The van der Waals surface area contributed by atoms with Crippen LogP contribution in [-0.4, -0.2) is 9.78 Å². The Balaban J connectivity index is 2.32. The molecule has 0 aliphatic heterocycles. The molecule has 0 saturated carbocycles. The molecule has 0 amide bonds. The van der Waals surface area contributed by atoms with Crippen molar-refractivity contribution in [2.75, 3.05) is 0 Å². The highest BCUT2D eigenvalue weighted by molar-refractivity contribution is 6.31. The summed E-state index contributed by atoms with van der Waals surface area (Å²) in [6, 6.07) is 7.74. The molecular weight excluding hydrogens is 260 g/mol. The van der Waals surface area contributed by atoms with E-state index in [1.165, 1.54) is 5.56 Å². The maximum Gasteiger partial charge on any atom is 0.0629 e. The summed E-state index contributed by atoms with van der Waals surface area (Å²) in [5.41, 5.74) is 7.26. The quantitative estimate of drug-likeness (QED) is 0.667. The minimum atomic E-state index is -0.0182. The third-order valence-corrected chi connectivity index (χ3v) is 3.89. The monoisotopic (exact) mass is 278 g/mol. The Morgan fingerprint density at radius 2 is 2.05 bits per heavy atom. The van der Waals surface area contributed by atoms with E-state index in [1.54, 1.807) is 0 Å². The van der Waals surface area contributed by atoms with Gasteiger partial charge in [-0.1, -0.05) is 29.8 Å². The minimum absolute atomic E-state index is 0.0182. The summed E-state index contributed by atoms with van der Waals surface area (Å²) in [6.45, 7) is 4.08. The van der Waals surface area contributed by atoms with Crippen molar-refractivity contribution in [1.82, 2.24) is 15.2 Å². The van der Waals surface area contributed by atoms with Gasteiger partial charge in [0.25, 0.3) is 0 Å². The van der Waals surface area contributed by atoms with Crippen molar-refractivity contribution >= 4 is 11.6 Å². The van der Waals surface area contributed by atoms with Gasteiger partial charge in [0, 0.05) is 17.8 Å². The summed E-state index contributed by atoms with van der Waals surface area (Å²) < 4.78 is 1.89. The number of halogens is 1. The van der Waals surface area contributed by atoms with Gasteiger partial charge in [-0.05, 0) is 37.5 Å². The normalized spacial score (nSPS) is 12.7. The van der Waals surface area contributed by atoms with Crippen LogP contribution in [0.4, 0.5) is 0 Å². The van der Waals surface area contributed by atoms with Crippen molar-refractivity contribution in [2.24, 2.45) is 12.9 Å². The fourth-order valence-corrected chi connectivity index (χ4v) is 2.60. The molecule has 2 aromatic rings. The summed E-state index contributed by atoms with van der Waals surface area (Å²) in [7, 11) is 1.95. The number of hydrazine groups is 1. The topological polar surface area (TPSA) is 55.9 Å². The van der Waals surface area contributed by atoms with E-state index < -0.39 is 0 Å². The van der Waals surface area contributed by atoms with Crippen LogP contribution < -0.4 is 11.3 Å². The van der Waals surface area contributed by atoms with Crippen molar-refractivity contribution in [2.45, 2.75) is 26.3 Å². The molecule has 0 fully saturated rings. The molecule has 1 heterocycles. The molecule has 3 N–H and O–H groups in total. The Hall–Kier alpha value is -1.36. The smallest absolute Gasteiger partial charge is 0.0629 e. The molecular formula is C14H19ClN4. The summed E-state index contributed by atoms with van der Waals surface area (Å²) in [4.78, 5) is 0. The maximum absolute atomic E-state index is 6.23. The van der Waals surface area contributed by atoms with E-state index in [9.17, 15) is 0 Å². The zero-order valence-corrected chi connectivity index (χ0v) is 12.2. The standard InChI is InChI=1S/C14H19ClN4/c1-9-12(10(2)19(3)18-9)8-14(17-16)11-6-4-5-7-13(11)15/h4-7,14,17H,8,16H2,1-3H3. The molecule has 1 aromatic carbocycles. The van der Waals surface area contributed by atoms with Crippen LogP contribution in [0.2, 0.25) is 5.02 Å². The number of benzene rings is 1. The summed E-state index contributed by atoms with van der Waals surface area (Å²) >= 11 is 6.23. The first kappa shape index (κ1) is 14.1. The van der Waals surface area contributed by atoms with Gasteiger partial charge in [-0.15, -0.1) is 0 Å². The van der Waals surface area contributed by atoms with Crippen molar-refractivity contribution in [3.8, 4) is 0 Å². The summed E-state index contributed by atoms with van der Waals surface area (Å²) in [6.07, 6.45) is 0.770. The highest BCUT2D eigenvalue weighted by Crippen LogP contribution is 2.27. The van der Waals surface area contributed by atoms with Gasteiger partial charge >= 0.3 is 0 Å². The van der Waals surface area contributed by atoms with Gasteiger partial charge in [-0.3, -0.25) is 16.0 Å². The van der Waals surface area contributed by atoms with E-state index in [0.29, 0.717) is 0 Å². The highest BCUT2D eigenvalue weighted by Gasteiger charge is 2.18. The van der Waals surface area contributed by atoms with Gasteiger partial charge in [-0.25, -0.2) is 0 Å². The average Bonchev–Trinajstić information content (AvgIpc) is 2.63. The SMILES string of the molecule is Cc1nn(C)c(C)c1CC(NN)c1ccccc1Cl. The van der Waals surface area contributed by atoms with Crippen LogP contribution in [-0.2, 0) is 13.5 Å². The van der Waals surface area contributed by atoms with Gasteiger partial charge in [0.2, 0.25) is 0 Å². The van der Waals surface area contributed by atoms with Gasteiger partial charge < -0.3 is 0 Å². The van der Waals surface area contributed by atoms with Crippen LogP contribution in [0.5, 0.6) is 0 Å². The number of nitrogens with zero attached hydrogens (tertiary/aromatic N) is 2. The molecule has 1 aromatic heterocycles. The fourth-order valence-electron chi connectivity index (χ4n) is 2.33. The predicted molar refractivity (Wildman–Crippen MR) is 77.9 cm³/mol. The molecule has 0 radical (unpaired) electrons. The van der Waals surface area contributed by atoms with Gasteiger partial charge in [0.15, 0.2) is 0 Å². The van der Waals surface area contributed by atoms with E-state index in [-0.39, 0.29) is 6.04 Å². The fraction of sp³-hybridized carbons (Fsp3) is 0.357. The number of nitrogens with one attached hydrogen (secondary N) is 1. The minimum Gasteiger partial charge on any atom is -0.272 e. The molecule has 2 rings (SSSR count). The Morgan fingerprint density at radius 3 is 2.58 bits per heavy atom. The van der Waals surface area contributed by atoms with Gasteiger partial charge in [0.05, 0.1) is 11.7 Å². The molecule has 0 saturated heterocycles. The zero-order chi connectivity index (χ0) is 14.0. The van der Waals surface area contributed by atoms with E-state index in [0.717, 1.165) is 28.4 Å². The predicted octanol–water partition coefficient (Wildman–Crippen LogP) is 2.44. The zero-order valence-electron chi connectivity index (χ0n) is 11.4. The average molecular weight is 279 g/mol. The molecule has 5 heteroatoms. The lowest BCUT2D eigenvalue weighted by molar-refractivity contribution is 0.549. The van der Waals surface area contributed by atoms with Crippen LogP contribution in [0, 0.1) is 13.8 Å². The van der Waals surface area contributed by atoms with Gasteiger partial charge in [0.1, 0.15) is 0 Å². The second kappa shape index (κ2) is 5.74. The highest BCUT2D eigenvalue weighted by atomic mass is 35.5. The lowest BCUT2D eigenvalue weighted by Crippen LogP contribution is -2.30. The van der Waals surface area contributed by atoms with Crippen LogP contribution in [0.25, 0.3) is 0 Å². The number of nitrogens with two attached hydrogens (primary N) is 1. The van der Waals surface area contributed by atoms with Gasteiger partial charge in [-0.2, -0.15) is 5.10 Å². The first-order valence-electron chi connectivity index (χ1n) is 6.24. The molecule has 0 bridgehead atoms. The van der Waals surface area contributed by atoms with E-state index in [1.807, 2.05) is 42.9 Å². The van der Waals surface area contributed by atoms with Crippen molar-refractivity contribution in [3.05, 3.63) is 51.8 Å². The number of rotatable bonds is 4. The summed E-state index contributed by atoms with van der Waals surface area (Å²) in [5, 5.41) is 5.16. The molecule has 19 heavy (non-hydrogen) atoms. The molecule has 102 valence electrons. The van der Waals surface area contributed by atoms with Crippen LogP contribution in [0.15, 0.2) is 24.3 Å². The first-order chi connectivity index (χ1) is 9.04. The van der Waals surface area contributed by atoms with Crippen LogP contribution >= 0.6 is 11.6 Å². The molecule has 0 aliphatic carbocycles. The molecule has 0 aliphatic rings. The lowest BCUT2D eigenvalue weighted by atomic mass is 9.98. The second-order valence-electron chi connectivity index (χ2n) is 4.72.